The smallest absolute Gasteiger partial charge is 0.356 e. The summed E-state index contributed by atoms with van der Waals surface area (Å²) in [5, 5.41) is 11.6. The number of aromatic nitrogens is 2. The zero-order chi connectivity index (χ0) is 19.2. The molecule has 0 spiro atoms. The predicted molar refractivity (Wildman–Crippen MR) is 96.2 cm³/mol. The predicted octanol–water partition coefficient (Wildman–Crippen LogP) is 1.14. The molecule has 3 rings (SSSR count). The number of benzene rings is 1. The van der Waals surface area contributed by atoms with Gasteiger partial charge in [0.15, 0.2) is 5.69 Å². The second-order valence-electron chi connectivity index (χ2n) is 6.34. The Bertz CT molecular complexity index is 817. The van der Waals surface area contributed by atoms with E-state index in [9.17, 15) is 14.4 Å². The Morgan fingerprint density at radius 2 is 1.67 bits per heavy atom. The maximum atomic E-state index is 12.9. The highest BCUT2D eigenvalue weighted by Crippen LogP contribution is 2.12. The van der Waals surface area contributed by atoms with Crippen molar-refractivity contribution < 1.29 is 19.5 Å². The molecule has 0 aliphatic carbocycles. The van der Waals surface area contributed by atoms with Gasteiger partial charge in [-0.05, 0) is 18.4 Å². The number of nitrogens with one attached hydrogen (secondary N) is 1. The fourth-order valence-corrected chi connectivity index (χ4v) is 3.00. The monoisotopic (exact) mass is 368 g/mol. The highest BCUT2D eigenvalue weighted by atomic mass is 16.4. The third-order valence-corrected chi connectivity index (χ3v) is 4.41. The molecule has 0 radical (unpaired) electrons. The minimum atomic E-state index is -1.22. The molecular weight excluding hydrogens is 348 g/mol. The maximum absolute atomic E-state index is 12.9. The van der Waals surface area contributed by atoms with Crippen LogP contribution < -0.4 is 5.32 Å². The van der Waals surface area contributed by atoms with Crippen LogP contribution in [0.2, 0.25) is 0 Å². The summed E-state index contributed by atoms with van der Waals surface area (Å²) < 4.78 is 0. The zero-order valence-electron chi connectivity index (χ0n) is 14.7. The van der Waals surface area contributed by atoms with E-state index in [1.54, 1.807) is 4.90 Å². The number of rotatable bonds is 6. The molecule has 8 heteroatoms. The van der Waals surface area contributed by atoms with Crippen molar-refractivity contribution in [1.29, 1.82) is 0 Å². The molecule has 8 nitrogen and oxygen atoms in total. The summed E-state index contributed by atoms with van der Waals surface area (Å²) in [6, 6.07) is 8.73. The van der Waals surface area contributed by atoms with Crippen LogP contribution in [0.5, 0.6) is 0 Å². The molecule has 1 atom stereocenters. The van der Waals surface area contributed by atoms with Gasteiger partial charge in [0.1, 0.15) is 11.7 Å². The summed E-state index contributed by atoms with van der Waals surface area (Å²) in [4.78, 5) is 45.5. The van der Waals surface area contributed by atoms with Crippen molar-refractivity contribution in [3.05, 3.63) is 59.7 Å². The number of hydrogen-bond donors (Lipinski definition) is 2. The summed E-state index contributed by atoms with van der Waals surface area (Å²) in [5.41, 5.74) is 0.649. The summed E-state index contributed by atoms with van der Waals surface area (Å²) in [6.07, 6.45) is 4.40. The summed E-state index contributed by atoms with van der Waals surface area (Å²) in [7, 11) is 0. The minimum absolute atomic E-state index is 0.0349. The molecule has 0 saturated carbocycles. The molecule has 1 saturated heterocycles. The van der Waals surface area contributed by atoms with Gasteiger partial charge in [-0.2, -0.15) is 0 Å². The molecule has 1 aliphatic rings. The normalized spacial score (nSPS) is 14.6. The molecule has 2 amide bonds. The minimum Gasteiger partial charge on any atom is -0.476 e. The Morgan fingerprint density at radius 3 is 2.26 bits per heavy atom. The summed E-state index contributed by atoms with van der Waals surface area (Å²) in [5.74, 6) is -1.91. The number of hydrogen-bond acceptors (Lipinski definition) is 5. The number of carboxylic acid groups (broad SMARTS) is 1. The quantitative estimate of drug-likeness (QED) is 0.791. The summed E-state index contributed by atoms with van der Waals surface area (Å²) in [6.45, 7) is 1.38. The van der Waals surface area contributed by atoms with Gasteiger partial charge in [0.25, 0.3) is 5.91 Å². The Morgan fingerprint density at radius 1 is 1.04 bits per heavy atom. The van der Waals surface area contributed by atoms with Gasteiger partial charge in [0.05, 0.1) is 12.4 Å². The standard InChI is InChI=1S/C19H20N4O4/c24-17(15-11-21-16(12-20-15)19(26)27)22-14(10-13-6-2-1-3-7-13)18(25)23-8-4-5-9-23/h1-3,6-7,11-12,14H,4-5,8-10H2,(H,22,24)(H,26,27). The van der Waals surface area contributed by atoms with E-state index in [2.05, 4.69) is 15.3 Å². The number of carbonyl (C=O) groups is 3. The average molecular weight is 368 g/mol. The highest BCUT2D eigenvalue weighted by molar-refractivity contribution is 5.96. The lowest BCUT2D eigenvalue weighted by atomic mass is 10.0. The first-order valence-corrected chi connectivity index (χ1v) is 8.73. The number of nitrogens with zero attached hydrogens (tertiary/aromatic N) is 3. The molecule has 0 bridgehead atoms. The van der Waals surface area contributed by atoms with Gasteiger partial charge in [0.2, 0.25) is 5.91 Å². The van der Waals surface area contributed by atoms with Crippen molar-refractivity contribution in [3.63, 3.8) is 0 Å². The first-order valence-electron chi connectivity index (χ1n) is 8.73. The van der Waals surface area contributed by atoms with Gasteiger partial charge >= 0.3 is 5.97 Å². The maximum Gasteiger partial charge on any atom is 0.356 e. The van der Waals surface area contributed by atoms with Crippen LogP contribution in [0.1, 0.15) is 39.4 Å². The van der Waals surface area contributed by atoms with Crippen molar-refractivity contribution >= 4 is 17.8 Å². The Balaban J connectivity index is 1.76. The van der Waals surface area contributed by atoms with Gasteiger partial charge < -0.3 is 15.3 Å². The van der Waals surface area contributed by atoms with Crippen LogP contribution in [-0.4, -0.2) is 56.9 Å². The Hall–Kier alpha value is -3.29. The molecule has 1 aromatic carbocycles. The topological polar surface area (TPSA) is 112 Å². The van der Waals surface area contributed by atoms with Crippen molar-refractivity contribution in [3.8, 4) is 0 Å². The van der Waals surface area contributed by atoms with Crippen molar-refractivity contribution in [2.24, 2.45) is 0 Å². The molecule has 27 heavy (non-hydrogen) atoms. The van der Waals surface area contributed by atoms with Gasteiger partial charge in [-0.1, -0.05) is 30.3 Å². The first kappa shape index (κ1) is 18.5. The van der Waals surface area contributed by atoms with E-state index < -0.39 is 17.9 Å². The molecule has 2 N–H and O–H groups in total. The zero-order valence-corrected chi connectivity index (χ0v) is 14.7. The lowest BCUT2D eigenvalue weighted by Gasteiger charge is -2.24. The number of carbonyl (C=O) groups excluding carboxylic acids is 2. The lowest BCUT2D eigenvalue weighted by molar-refractivity contribution is -0.132. The highest BCUT2D eigenvalue weighted by Gasteiger charge is 2.28. The molecule has 140 valence electrons. The first-order chi connectivity index (χ1) is 13.0. The lowest BCUT2D eigenvalue weighted by Crippen LogP contribution is -2.49. The van der Waals surface area contributed by atoms with E-state index in [4.69, 9.17) is 5.11 Å². The average Bonchev–Trinajstić information content (AvgIpc) is 3.22. The molecule has 2 heterocycles. The largest absolute Gasteiger partial charge is 0.476 e. The van der Waals surface area contributed by atoms with E-state index in [-0.39, 0.29) is 17.3 Å². The molecule has 1 unspecified atom stereocenters. The fraction of sp³-hybridized carbons (Fsp3) is 0.316. The molecule has 1 aromatic heterocycles. The SMILES string of the molecule is O=C(O)c1cnc(C(=O)NC(Cc2ccccc2)C(=O)N2CCCC2)cn1. The third-order valence-electron chi connectivity index (χ3n) is 4.41. The van der Waals surface area contributed by atoms with E-state index >= 15 is 0 Å². The van der Waals surface area contributed by atoms with E-state index in [1.165, 1.54) is 0 Å². The van der Waals surface area contributed by atoms with Gasteiger partial charge in [0, 0.05) is 19.5 Å². The number of aromatic carboxylic acids is 1. The molecule has 1 aliphatic heterocycles. The van der Waals surface area contributed by atoms with Crippen LogP contribution in [0.25, 0.3) is 0 Å². The van der Waals surface area contributed by atoms with Gasteiger partial charge in [-0.15, -0.1) is 0 Å². The van der Waals surface area contributed by atoms with Crippen molar-refractivity contribution in [2.45, 2.75) is 25.3 Å². The van der Waals surface area contributed by atoms with E-state index in [0.717, 1.165) is 30.8 Å². The Kier molecular flexibility index (Phi) is 5.75. The second kappa shape index (κ2) is 8.39. The number of carboxylic acids is 1. The number of likely N-dealkylation sites (tertiary alicyclic amines) is 1. The van der Waals surface area contributed by atoms with Gasteiger partial charge in [-0.3, -0.25) is 9.59 Å². The van der Waals surface area contributed by atoms with Crippen LogP contribution in [0.3, 0.4) is 0 Å². The van der Waals surface area contributed by atoms with E-state index in [1.807, 2.05) is 30.3 Å². The number of amides is 2. The Labute approximate surface area is 156 Å². The molecule has 1 fully saturated rings. The van der Waals surface area contributed by atoms with Crippen molar-refractivity contribution in [2.75, 3.05) is 13.1 Å². The van der Waals surface area contributed by atoms with Crippen LogP contribution >= 0.6 is 0 Å². The second-order valence-corrected chi connectivity index (χ2v) is 6.34. The molecule has 2 aromatic rings. The van der Waals surface area contributed by atoms with Crippen LogP contribution in [0, 0.1) is 0 Å². The van der Waals surface area contributed by atoms with Crippen LogP contribution in [-0.2, 0) is 11.2 Å². The molecular formula is C19H20N4O4. The van der Waals surface area contributed by atoms with Crippen LogP contribution in [0.4, 0.5) is 0 Å². The van der Waals surface area contributed by atoms with Crippen LogP contribution in [0.15, 0.2) is 42.7 Å². The van der Waals surface area contributed by atoms with Gasteiger partial charge in [-0.25, -0.2) is 14.8 Å². The van der Waals surface area contributed by atoms with E-state index in [0.29, 0.717) is 19.5 Å². The summed E-state index contributed by atoms with van der Waals surface area (Å²) >= 11 is 0. The third kappa shape index (κ3) is 4.66. The fourth-order valence-electron chi connectivity index (χ4n) is 3.00. The van der Waals surface area contributed by atoms with Crippen molar-refractivity contribution in [1.82, 2.24) is 20.2 Å².